The molecule has 4 rings (SSSR count). The van der Waals surface area contributed by atoms with Gasteiger partial charge in [-0.2, -0.15) is 0 Å². The number of hydrogen-bond acceptors (Lipinski definition) is 3. The molecule has 162 valence electrons. The SMILES string of the molecule is CC(C)[Si](C#Cc1cccc2cccc(-c3cc4ncncc4cn3)c12)(C(C)C)C(C)C. The Morgan fingerprint density at radius 3 is 2.16 bits per heavy atom. The summed E-state index contributed by atoms with van der Waals surface area (Å²) < 4.78 is 0. The van der Waals surface area contributed by atoms with Crippen molar-refractivity contribution in [3.05, 3.63) is 66.7 Å². The average molecular weight is 438 g/mol. The summed E-state index contributed by atoms with van der Waals surface area (Å²) in [6, 6.07) is 14.9. The van der Waals surface area contributed by atoms with E-state index >= 15 is 0 Å². The maximum Gasteiger partial charge on any atom is 0.146 e. The van der Waals surface area contributed by atoms with Gasteiger partial charge in [-0.25, -0.2) is 9.97 Å². The second kappa shape index (κ2) is 8.84. The summed E-state index contributed by atoms with van der Waals surface area (Å²) in [7, 11) is -1.82. The lowest BCUT2D eigenvalue weighted by Crippen LogP contribution is -2.43. The molecule has 0 bridgehead atoms. The standard InChI is InChI=1S/C28H31N3Si/c1-19(2)32(20(3)4,21(5)6)14-13-23-10-7-9-22-11-8-12-25(28(22)23)27-15-26-24(17-30-27)16-29-18-31-26/h7-12,15-21H,1-6H3. The van der Waals surface area contributed by atoms with Gasteiger partial charge in [0.05, 0.1) is 11.2 Å². The molecule has 0 aliphatic heterocycles. The predicted molar refractivity (Wildman–Crippen MR) is 138 cm³/mol. The maximum absolute atomic E-state index is 4.74. The molecule has 0 radical (unpaired) electrons. The molecule has 4 heteroatoms. The van der Waals surface area contributed by atoms with E-state index in [2.05, 4.69) is 99.4 Å². The van der Waals surface area contributed by atoms with E-state index in [4.69, 9.17) is 4.98 Å². The van der Waals surface area contributed by atoms with E-state index in [-0.39, 0.29) is 0 Å². The van der Waals surface area contributed by atoms with Crippen molar-refractivity contribution in [2.45, 2.75) is 58.2 Å². The summed E-state index contributed by atoms with van der Waals surface area (Å²) in [6.45, 7) is 14.1. The molecule has 0 atom stereocenters. The second-order valence-corrected chi connectivity index (χ2v) is 15.1. The van der Waals surface area contributed by atoms with Gasteiger partial charge in [-0.3, -0.25) is 4.98 Å². The van der Waals surface area contributed by atoms with E-state index in [1.54, 1.807) is 12.5 Å². The molecule has 0 fully saturated rings. The van der Waals surface area contributed by atoms with Gasteiger partial charge in [0.25, 0.3) is 0 Å². The number of hydrogen-bond donors (Lipinski definition) is 0. The highest BCUT2D eigenvalue weighted by atomic mass is 28.3. The Morgan fingerprint density at radius 2 is 1.47 bits per heavy atom. The van der Waals surface area contributed by atoms with Crippen molar-refractivity contribution in [2.75, 3.05) is 0 Å². The quantitative estimate of drug-likeness (QED) is 0.246. The van der Waals surface area contributed by atoms with Gasteiger partial charge in [-0.15, -0.1) is 5.54 Å². The van der Waals surface area contributed by atoms with Crippen LogP contribution in [0, 0.1) is 11.5 Å². The lowest BCUT2D eigenvalue weighted by atomic mass is 9.97. The molecule has 2 heterocycles. The fraction of sp³-hybridized carbons (Fsp3) is 0.321. The van der Waals surface area contributed by atoms with Crippen molar-refractivity contribution in [1.29, 1.82) is 0 Å². The van der Waals surface area contributed by atoms with Crippen molar-refractivity contribution in [1.82, 2.24) is 15.0 Å². The van der Waals surface area contributed by atoms with Crippen molar-refractivity contribution in [3.8, 4) is 22.7 Å². The van der Waals surface area contributed by atoms with Crippen LogP contribution in [0.1, 0.15) is 47.1 Å². The highest BCUT2D eigenvalue weighted by Gasteiger charge is 2.41. The number of nitrogens with zero attached hydrogens (tertiary/aromatic N) is 3. The Balaban J connectivity index is 1.94. The fourth-order valence-corrected chi connectivity index (χ4v) is 10.5. The van der Waals surface area contributed by atoms with Crippen molar-refractivity contribution in [2.24, 2.45) is 0 Å². The molecule has 0 saturated carbocycles. The van der Waals surface area contributed by atoms with E-state index in [0.717, 1.165) is 27.7 Å². The minimum atomic E-state index is -1.82. The molecule has 0 amide bonds. The highest BCUT2D eigenvalue weighted by Crippen LogP contribution is 2.41. The molecule has 0 aliphatic rings. The van der Waals surface area contributed by atoms with Gasteiger partial charge in [-0.1, -0.05) is 77.8 Å². The van der Waals surface area contributed by atoms with Gasteiger partial charge in [0.1, 0.15) is 14.4 Å². The number of fused-ring (bicyclic) bond motifs is 2. The first-order valence-electron chi connectivity index (χ1n) is 11.5. The summed E-state index contributed by atoms with van der Waals surface area (Å²) in [4.78, 5) is 13.3. The Morgan fingerprint density at radius 1 is 0.781 bits per heavy atom. The molecule has 2 aromatic carbocycles. The molecule has 32 heavy (non-hydrogen) atoms. The molecular formula is C28H31N3Si. The van der Waals surface area contributed by atoms with Gasteiger partial charge >= 0.3 is 0 Å². The average Bonchev–Trinajstić information content (AvgIpc) is 2.78. The third-order valence-electron chi connectivity index (χ3n) is 6.85. The van der Waals surface area contributed by atoms with Crippen LogP contribution in [0.5, 0.6) is 0 Å². The fourth-order valence-electron chi connectivity index (χ4n) is 5.29. The summed E-state index contributed by atoms with van der Waals surface area (Å²) in [6.07, 6.45) is 5.24. The van der Waals surface area contributed by atoms with E-state index < -0.39 is 8.07 Å². The van der Waals surface area contributed by atoms with E-state index in [1.165, 1.54) is 10.8 Å². The monoisotopic (exact) mass is 437 g/mol. The van der Waals surface area contributed by atoms with Crippen LogP contribution in [0.4, 0.5) is 0 Å². The molecule has 2 aromatic heterocycles. The molecule has 0 spiro atoms. The zero-order valence-corrected chi connectivity index (χ0v) is 20.8. The van der Waals surface area contributed by atoms with Gasteiger partial charge in [0, 0.05) is 34.3 Å². The van der Waals surface area contributed by atoms with Crippen LogP contribution in [-0.4, -0.2) is 23.0 Å². The van der Waals surface area contributed by atoms with E-state index in [1.807, 2.05) is 12.3 Å². The maximum atomic E-state index is 4.74. The number of pyridine rings is 1. The zero-order chi connectivity index (χ0) is 22.9. The molecule has 4 aromatic rings. The van der Waals surface area contributed by atoms with E-state index in [0.29, 0.717) is 16.6 Å². The summed E-state index contributed by atoms with van der Waals surface area (Å²) in [5.41, 5.74) is 9.70. The van der Waals surface area contributed by atoms with Crippen LogP contribution in [0.2, 0.25) is 16.6 Å². The largest absolute Gasteiger partial charge is 0.255 e. The minimum Gasteiger partial charge on any atom is -0.255 e. The smallest absolute Gasteiger partial charge is 0.146 e. The molecule has 0 aliphatic carbocycles. The number of aromatic nitrogens is 3. The lowest BCUT2D eigenvalue weighted by molar-refractivity contribution is 0.838. The van der Waals surface area contributed by atoms with Crippen molar-refractivity contribution in [3.63, 3.8) is 0 Å². The van der Waals surface area contributed by atoms with Gasteiger partial charge in [0.15, 0.2) is 0 Å². The first-order valence-corrected chi connectivity index (χ1v) is 13.7. The third kappa shape index (κ3) is 3.82. The molecule has 3 nitrogen and oxygen atoms in total. The van der Waals surface area contributed by atoms with Crippen LogP contribution in [-0.2, 0) is 0 Å². The normalized spacial score (nSPS) is 12.0. The Kier molecular flexibility index (Phi) is 6.12. The van der Waals surface area contributed by atoms with Gasteiger partial charge < -0.3 is 0 Å². The van der Waals surface area contributed by atoms with Crippen LogP contribution >= 0.6 is 0 Å². The number of rotatable bonds is 4. The summed E-state index contributed by atoms with van der Waals surface area (Å²) in [5.74, 6) is 3.68. The van der Waals surface area contributed by atoms with Crippen LogP contribution in [0.15, 0.2) is 61.2 Å². The Bertz CT molecular complexity index is 1300. The topological polar surface area (TPSA) is 38.7 Å². The molecule has 0 saturated heterocycles. The zero-order valence-electron chi connectivity index (χ0n) is 19.8. The van der Waals surface area contributed by atoms with E-state index in [9.17, 15) is 0 Å². The Labute approximate surface area is 192 Å². The second-order valence-electron chi connectivity index (χ2n) is 9.51. The minimum absolute atomic E-state index is 0.603. The molecule has 0 unspecified atom stereocenters. The highest BCUT2D eigenvalue weighted by molar-refractivity contribution is 6.90. The van der Waals surface area contributed by atoms with Gasteiger partial charge in [0.2, 0.25) is 0 Å². The van der Waals surface area contributed by atoms with Crippen molar-refractivity contribution < 1.29 is 0 Å². The van der Waals surface area contributed by atoms with Crippen LogP contribution in [0.25, 0.3) is 32.9 Å². The lowest BCUT2D eigenvalue weighted by Gasteiger charge is -2.38. The molecule has 0 N–H and O–H groups in total. The Hall–Kier alpha value is -3.03. The first-order chi connectivity index (χ1) is 15.3. The molecular weight excluding hydrogens is 406 g/mol. The van der Waals surface area contributed by atoms with Crippen LogP contribution < -0.4 is 0 Å². The summed E-state index contributed by atoms with van der Waals surface area (Å²) in [5, 5.41) is 3.30. The predicted octanol–water partition coefficient (Wildman–Crippen LogP) is 7.41. The van der Waals surface area contributed by atoms with Gasteiger partial charge in [-0.05, 0) is 34.1 Å². The third-order valence-corrected chi connectivity index (χ3v) is 13.1. The van der Waals surface area contributed by atoms with Crippen molar-refractivity contribution >= 4 is 29.7 Å². The van der Waals surface area contributed by atoms with Crippen LogP contribution in [0.3, 0.4) is 0 Å². The summed E-state index contributed by atoms with van der Waals surface area (Å²) >= 11 is 0. The number of benzene rings is 2. The first kappa shape index (κ1) is 22.2.